The number of hydrogen-bond acceptors (Lipinski definition) is 6. The molecule has 0 aromatic carbocycles. The van der Waals surface area contributed by atoms with E-state index in [2.05, 4.69) is 10.1 Å². The number of imide groups is 1. The van der Waals surface area contributed by atoms with Crippen LogP contribution in [0.4, 0.5) is 4.79 Å². The predicted octanol–water partition coefficient (Wildman–Crippen LogP) is 1.35. The molecule has 2 aliphatic rings. The molecule has 4 amide bonds. The molecule has 2 aliphatic heterocycles. The number of imidazole rings is 1. The fourth-order valence-corrected chi connectivity index (χ4v) is 4.38. The van der Waals surface area contributed by atoms with E-state index in [4.69, 9.17) is 9.90 Å². The average molecular weight is 444 g/mol. The third-order valence-electron chi connectivity index (χ3n) is 5.86. The lowest BCUT2D eigenvalue weighted by Gasteiger charge is -2.42. The van der Waals surface area contributed by atoms with E-state index in [9.17, 15) is 14.4 Å². The third kappa shape index (κ3) is 3.90. The van der Waals surface area contributed by atoms with Gasteiger partial charge in [-0.25, -0.2) is 14.3 Å². The van der Waals surface area contributed by atoms with Gasteiger partial charge >= 0.3 is 6.03 Å². The number of fused-ring (bicyclic) bond motifs is 1. The average Bonchev–Trinajstić information content (AvgIpc) is 3.28. The maximum absolute atomic E-state index is 13.1. The highest BCUT2D eigenvalue weighted by atomic mass is 16.3. The molecule has 0 bridgehead atoms. The zero-order chi connectivity index (χ0) is 23.5. The Bertz CT molecular complexity index is 1010. The quantitative estimate of drug-likeness (QED) is 0.557. The Morgan fingerprint density at radius 3 is 2.53 bits per heavy atom. The molecule has 0 atom stereocenters. The Morgan fingerprint density at radius 2 is 1.94 bits per heavy atom. The van der Waals surface area contributed by atoms with E-state index in [-0.39, 0.29) is 30.2 Å². The monoisotopic (exact) mass is 444 g/mol. The largest absolute Gasteiger partial charge is 0.483 e. The molecule has 2 aromatic heterocycles. The minimum atomic E-state index is -0.841. The molecule has 2 aromatic rings. The second-order valence-corrected chi connectivity index (χ2v) is 8.20. The summed E-state index contributed by atoms with van der Waals surface area (Å²) in [7, 11) is 0. The summed E-state index contributed by atoms with van der Waals surface area (Å²) in [6.45, 7) is 7.36. The Kier molecular flexibility index (Phi) is 6.75. The molecule has 4 rings (SSSR count). The van der Waals surface area contributed by atoms with Crippen molar-refractivity contribution in [1.29, 1.82) is 0 Å². The van der Waals surface area contributed by atoms with Gasteiger partial charge in [-0.3, -0.25) is 19.3 Å². The van der Waals surface area contributed by atoms with Crippen molar-refractivity contribution in [3.63, 3.8) is 0 Å². The molecule has 11 nitrogen and oxygen atoms in total. The Morgan fingerprint density at radius 1 is 1.28 bits per heavy atom. The first kappa shape index (κ1) is 23.2. The van der Waals surface area contributed by atoms with Crippen molar-refractivity contribution in [3.05, 3.63) is 30.2 Å². The zero-order valence-corrected chi connectivity index (χ0v) is 18.5. The number of likely N-dealkylation sites (tertiary alicyclic amines) is 1. The molecule has 0 saturated carbocycles. The van der Waals surface area contributed by atoms with Gasteiger partial charge < -0.3 is 14.9 Å². The molecular weight excluding hydrogens is 416 g/mol. The van der Waals surface area contributed by atoms with E-state index in [1.807, 2.05) is 20.8 Å². The number of nitrogens with zero attached hydrogens (tertiary/aromatic N) is 6. The number of hydrogen-bond donors (Lipinski definition) is 1. The van der Waals surface area contributed by atoms with Gasteiger partial charge in [-0.2, -0.15) is 5.10 Å². The molecule has 4 heterocycles. The Hall–Kier alpha value is -3.50. The van der Waals surface area contributed by atoms with Crippen molar-refractivity contribution in [2.75, 3.05) is 26.2 Å². The fraction of sp³-hybridized carbons (Fsp3) is 0.524. The van der Waals surface area contributed by atoms with Crippen LogP contribution in [0, 0.1) is 5.92 Å². The lowest BCUT2D eigenvalue weighted by atomic mass is 9.85. The van der Waals surface area contributed by atoms with Crippen LogP contribution in [0.15, 0.2) is 24.5 Å². The van der Waals surface area contributed by atoms with Gasteiger partial charge in [0.25, 0.3) is 18.3 Å². The standard InChI is InChI=1S/C20H26N6O3.CH2O2/c1-4-24-18(28)20(25(19(24)29)13-14(2)3)7-10-23(11-8-20)17(27)15-12-21-16-6-5-9-22-26(15)16;2-1-3/h5-6,9,12,14H,4,7-8,10-11,13H2,1-3H3;1H,(H,2,3). The molecular formula is C21H28N6O5. The van der Waals surface area contributed by atoms with Crippen molar-refractivity contribution in [2.24, 2.45) is 5.92 Å². The molecule has 2 saturated heterocycles. The highest BCUT2D eigenvalue weighted by molar-refractivity contribution is 6.07. The van der Waals surface area contributed by atoms with Gasteiger partial charge in [0.15, 0.2) is 11.3 Å². The van der Waals surface area contributed by atoms with Crippen LogP contribution in [0.25, 0.3) is 5.65 Å². The summed E-state index contributed by atoms with van der Waals surface area (Å²) < 4.78 is 1.53. The van der Waals surface area contributed by atoms with Crippen LogP contribution in [0.5, 0.6) is 0 Å². The smallest absolute Gasteiger partial charge is 0.327 e. The van der Waals surface area contributed by atoms with Crippen molar-refractivity contribution >= 4 is 30.0 Å². The first-order valence-corrected chi connectivity index (χ1v) is 10.6. The number of carboxylic acid groups (broad SMARTS) is 1. The third-order valence-corrected chi connectivity index (χ3v) is 5.86. The number of carbonyl (C=O) groups is 4. The molecule has 172 valence electrons. The number of aromatic nitrogens is 3. The van der Waals surface area contributed by atoms with Crippen LogP contribution in [0.1, 0.15) is 44.1 Å². The topological polar surface area (TPSA) is 128 Å². The van der Waals surface area contributed by atoms with Crippen molar-refractivity contribution in [2.45, 2.75) is 39.2 Å². The molecule has 2 fully saturated rings. The molecule has 32 heavy (non-hydrogen) atoms. The highest BCUT2D eigenvalue weighted by Gasteiger charge is 2.57. The Balaban J connectivity index is 0.000000913. The van der Waals surface area contributed by atoms with Crippen molar-refractivity contribution in [1.82, 2.24) is 29.3 Å². The van der Waals surface area contributed by atoms with E-state index in [1.54, 1.807) is 28.1 Å². The first-order valence-electron chi connectivity index (χ1n) is 10.6. The number of carbonyl (C=O) groups excluding carboxylic acids is 3. The van der Waals surface area contributed by atoms with E-state index in [0.29, 0.717) is 50.4 Å². The van der Waals surface area contributed by atoms with Gasteiger partial charge in [0.2, 0.25) is 0 Å². The van der Waals surface area contributed by atoms with Crippen LogP contribution >= 0.6 is 0 Å². The summed E-state index contributed by atoms with van der Waals surface area (Å²) in [5.41, 5.74) is 0.175. The summed E-state index contributed by atoms with van der Waals surface area (Å²) in [5, 5.41) is 11.1. The molecule has 0 aliphatic carbocycles. The summed E-state index contributed by atoms with van der Waals surface area (Å²) in [5.74, 6) is -0.0378. The predicted molar refractivity (Wildman–Crippen MR) is 114 cm³/mol. The SMILES string of the molecule is CCN1C(=O)N(CC(C)C)C2(CCN(C(=O)c3cnc4cccnn34)CC2)C1=O.O=CO. The van der Waals surface area contributed by atoms with Crippen LogP contribution in [0.2, 0.25) is 0 Å². The lowest BCUT2D eigenvalue weighted by Crippen LogP contribution is -2.58. The second-order valence-electron chi connectivity index (χ2n) is 8.20. The Labute approximate surface area is 185 Å². The van der Waals surface area contributed by atoms with E-state index in [0.717, 1.165) is 0 Å². The number of rotatable bonds is 4. The first-order chi connectivity index (χ1) is 15.3. The number of likely N-dealkylation sites (N-methyl/N-ethyl adjacent to an activating group) is 1. The zero-order valence-electron chi connectivity index (χ0n) is 18.5. The molecule has 0 unspecified atom stereocenters. The highest BCUT2D eigenvalue weighted by Crippen LogP contribution is 2.38. The summed E-state index contributed by atoms with van der Waals surface area (Å²) in [6.07, 6.45) is 4.03. The normalized spacial score (nSPS) is 17.8. The maximum Gasteiger partial charge on any atom is 0.327 e. The fourth-order valence-electron chi connectivity index (χ4n) is 4.38. The minimum Gasteiger partial charge on any atom is -0.483 e. The summed E-state index contributed by atoms with van der Waals surface area (Å²) in [6, 6.07) is 3.35. The van der Waals surface area contributed by atoms with Gasteiger partial charge in [0.05, 0.1) is 6.20 Å². The van der Waals surface area contributed by atoms with Crippen LogP contribution in [-0.4, -0.2) is 90.4 Å². The van der Waals surface area contributed by atoms with Gasteiger partial charge in [-0.15, -0.1) is 0 Å². The lowest BCUT2D eigenvalue weighted by molar-refractivity contribution is -0.135. The second kappa shape index (κ2) is 9.33. The van der Waals surface area contributed by atoms with Gasteiger partial charge in [-0.1, -0.05) is 13.8 Å². The maximum atomic E-state index is 13.1. The molecule has 11 heteroatoms. The van der Waals surface area contributed by atoms with Crippen LogP contribution in [-0.2, 0) is 9.59 Å². The van der Waals surface area contributed by atoms with E-state index in [1.165, 1.54) is 15.6 Å². The minimum absolute atomic E-state index is 0.130. The van der Waals surface area contributed by atoms with E-state index < -0.39 is 5.54 Å². The molecule has 1 spiro atoms. The molecule has 0 radical (unpaired) electrons. The van der Waals surface area contributed by atoms with Crippen LogP contribution < -0.4 is 0 Å². The number of piperidine rings is 1. The van der Waals surface area contributed by atoms with Crippen LogP contribution in [0.3, 0.4) is 0 Å². The van der Waals surface area contributed by atoms with E-state index >= 15 is 0 Å². The number of amides is 4. The van der Waals surface area contributed by atoms with Gasteiger partial charge in [-0.05, 0) is 37.8 Å². The summed E-state index contributed by atoms with van der Waals surface area (Å²) >= 11 is 0. The summed E-state index contributed by atoms with van der Waals surface area (Å²) in [4.78, 5) is 56.4. The van der Waals surface area contributed by atoms with Gasteiger partial charge in [0, 0.05) is 32.4 Å². The van der Waals surface area contributed by atoms with Gasteiger partial charge in [0.1, 0.15) is 5.54 Å². The number of urea groups is 1. The molecule has 1 N–H and O–H groups in total. The van der Waals surface area contributed by atoms with Crippen molar-refractivity contribution in [3.8, 4) is 0 Å². The van der Waals surface area contributed by atoms with Crippen molar-refractivity contribution < 1.29 is 24.3 Å².